The smallest absolute Gasteiger partial charge is 0.303 e. The summed E-state index contributed by atoms with van der Waals surface area (Å²) in [4.78, 5) is 49.1. The lowest BCUT2D eigenvalue weighted by atomic mass is 9.97. The maximum atomic E-state index is 12.5. The maximum Gasteiger partial charge on any atom is 0.303 e. The standard InChI is InChI=1S/C42H50O14S/c1-26(43)48-25-34-36(53-27(2)44)38(54-28(3)45)40(55-29(4)46)42(57-34)52-24-33-35(49-21-30-15-9-6-10-16-30)37(50-22-31-17-11-7-12-18-31)39(41(47-5)56-33)51-23-32-19-13-8-14-20-32/h6-20,33-42H,21-25H2,1-5H3/t33-,34-,35-,36-,37+,38+,39-,40-,41-,42-/m1/s1. The summed E-state index contributed by atoms with van der Waals surface area (Å²) in [6.07, 6.45) is -7.87. The Morgan fingerprint density at radius 1 is 0.526 bits per heavy atom. The first-order chi connectivity index (χ1) is 27.5. The van der Waals surface area contributed by atoms with Gasteiger partial charge in [-0.2, -0.15) is 0 Å². The van der Waals surface area contributed by atoms with Crippen molar-refractivity contribution in [2.24, 2.45) is 0 Å². The van der Waals surface area contributed by atoms with Gasteiger partial charge in [0, 0.05) is 34.8 Å². The van der Waals surface area contributed by atoms with E-state index in [4.69, 9.17) is 47.4 Å². The molecule has 2 aliphatic heterocycles. The molecule has 0 unspecified atom stereocenters. The van der Waals surface area contributed by atoms with Gasteiger partial charge in [0.25, 0.3) is 0 Å². The highest BCUT2D eigenvalue weighted by Gasteiger charge is 2.54. The molecule has 0 bridgehead atoms. The fourth-order valence-electron chi connectivity index (χ4n) is 6.58. The van der Waals surface area contributed by atoms with Crippen LogP contribution in [0.15, 0.2) is 91.0 Å². The minimum atomic E-state index is -1.32. The Morgan fingerprint density at radius 3 is 1.46 bits per heavy atom. The first-order valence-corrected chi connectivity index (χ1v) is 19.5. The molecule has 57 heavy (non-hydrogen) atoms. The molecule has 2 aliphatic rings. The van der Waals surface area contributed by atoms with E-state index in [2.05, 4.69) is 0 Å². The van der Waals surface area contributed by atoms with Gasteiger partial charge < -0.3 is 47.4 Å². The summed E-state index contributed by atoms with van der Waals surface area (Å²) in [5, 5.41) is -0.791. The van der Waals surface area contributed by atoms with E-state index in [0.29, 0.717) is 0 Å². The number of ether oxygens (including phenoxy) is 10. The van der Waals surface area contributed by atoms with Crippen LogP contribution >= 0.6 is 11.8 Å². The van der Waals surface area contributed by atoms with Crippen LogP contribution in [0.25, 0.3) is 0 Å². The first kappa shape index (κ1) is 43.8. The third kappa shape index (κ3) is 13.1. The van der Waals surface area contributed by atoms with Crippen LogP contribution in [-0.2, 0) is 86.4 Å². The molecule has 5 rings (SSSR count). The molecule has 0 spiro atoms. The molecule has 2 fully saturated rings. The van der Waals surface area contributed by atoms with E-state index < -0.39 is 83.6 Å². The van der Waals surface area contributed by atoms with E-state index >= 15 is 0 Å². The number of hydrogen-bond acceptors (Lipinski definition) is 15. The topological polar surface area (TPSA) is 161 Å². The molecule has 14 nitrogen and oxygen atoms in total. The third-order valence-electron chi connectivity index (χ3n) is 9.05. The summed E-state index contributed by atoms with van der Waals surface area (Å²) >= 11 is 1.10. The average Bonchev–Trinajstić information content (AvgIpc) is 3.19. The number of carbonyl (C=O) groups is 4. The van der Waals surface area contributed by atoms with Crippen molar-refractivity contribution in [3.8, 4) is 0 Å². The molecule has 10 atom stereocenters. The van der Waals surface area contributed by atoms with Crippen molar-refractivity contribution in [2.75, 3.05) is 20.3 Å². The Bertz CT molecular complexity index is 1710. The van der Waals surface area contributed by atoms with Gasteiger partial charge >= 0.3 is 23.9 Å². The molecule has 0 aromatic heterocycles. The van der Waals surface area contributed by atoms with E-state index in [0.717, 1.165) is 28.5 Å². The predicted molar refractivity (Wildman–Crippen MR) is 205 cm³/mol. The number of hydrogen-bond donors (Lipinski definition) is 0. The van der Waals surface area contributed by atoms with Crippen LogP contribution in [0.2, 0.25) is 0 Å². The first-order valence-electron chi connectivity index (χ1n) is 18.6. The molecule has 0 aliphatic carbocycles. The third-order valence-corrected chi connectivity index (χ3v) is 10.5. The molecule has 2 saturated heterocycles. The molecule has 3 aromatic rings. The van der Waals surface area contributed by atoms with Gasteiger partial charge in [-0.05, 0) is 16.7 Å². The second-order valence-corrected chi connectivity index (χ2v) is 14.8. The number of methoxy groups -OCH3 is 1. The average molecular weight is 811 g/mol. The van der Waals surface area contributed by atoms with Gasteiger partial charge in [-0.1, -0.05) is 91.0 Å². The summed E-state index contributed by atoms with van der Waals surface area (Å²) in [7, 11) is 1.51. The molecule has 15 heteroatoms. The number of carbonyl (C=O) groups excluding carboxylic acids is 4. The number of benzene rings is 3. The van der Waals surface area contributed by atoms with Gasteiger partial charge in [0.05, 0.1) is 31.7 Å². The fourth-order valence-corrected chi connectivity index (χ4v) is 7.96. The number of rotatable bonds is 18. The fraction of sp³-hybridized carbons (Fsp3) is 0.476. The summed E-state index contributed by atoms with van der Waals surface area (Å²) < 4.78 is 61.2. The molecule has 308 valence electrons. The molecule has 2 heterocycles. The molecule has 3 aromatic carbocycles. The van der Waals surface area contributed by atoms with E-state index in [1.807, 2.05) is 91.0 Å². The van der Waals surface area contributed by atoms with E-state index in [9.17, 15) is 19.2 Å². The minimum Gasteiger partial charge on any atom is -0.465 e. The van der Waals surface area contributed by atoms with Crippen molar-refractivity contribution in [3.63, 3.8) is 0 Å². The van der Waals surface area contributed by atoms with Crippen molar-refractivity contribution in [1.82, 2.24) is 0 Å². The van der Waals surface area contributed by atoms with Crippen molar-refractivity contribution >= 4 is 35.6 Å². The molecular formula is C42H50O14S. The van der Waals surface area contributed by atoms with E-state index in [1.165, 1.54) is 34.8 Å². The Hall–Kier alpha value is -4.35. The van der Waals surface area contributed by atoms with Crippen molar-refractivity contribution in [3.05, 3.63) is 108 Å². The summed E-state index contributed by atoms with van der Waals surface area (Å²) in [5.74, 6) is -2.68. The zero-order valence-corrected chi connectivity index (χ0v) is 33.4. The normalized spacial score (nSPS) is 27.2. The van der Waals surface area contributed by atoms with E-state index in [1.54, 1.807) is 0 Å². The Morgan fingerprint density at radius 2 is 0.982 bits per heavy atom. The number of esters is 4. The highest BCUT2D eigenvalue weighted by atomic mass is 32.2. The molecule has 0 amide bonds. The van der Waals surface area contributed by atoms with Crippen LogP contribution < -0.4 is 0 Å². The molecule has 0 radical (unpaired) electrons. The quantitative estimate of drug-likeness (QED) is 0.126. The van der Waals surface area contributed by atoms with Gasteiger partial charge in [-0.25, -0.2) is 0 Å². The Labute approximate surface area is 336 Å². The van der Waals surface area contributed by atoms with Gasteiger partial charge in [-0.15, -0.1) is 11.8 Å². The second kappa shape index (κ2) is 22.0. The van der Waals surface area contributed by atoms with E-state index in [-0.39, 0.29) is 33.0 Å². The summed E-state index contributed by atoms with van der Waals surface area (Å²) in [5.41, 5.74) is 1.72. The lowest BCUT2D eigenvalue weighted by Gasteiger charge is -2.47. The van der Waals surface area contributed by atoms with Gasteiger partial charge in [-0.3, -0.25) is 19.2 Å². The lowest BCUT2D eigenvalue weighted by Crippen LogP contribution is -2.62. The zero-order valence-electron chi connectivity index (χ0n) is 32.6. The van der Waals surface area contributed by atoms with Crippen molar-refractivity contribution in [1.29, 1.82) is 0 Å². The summed E-state index contributed by atoms with van der Waals surface area (Å²) in [6.45, 7) is 5.05. The van der Waals surface area contributed by atoms with Crippen LogP contribution in [-0.4, -0.2) is 104 Å². The van der Waals surface area contributed by atoms with Gasteiger partial charge in [0.15, 0.2) is 24.6 Å². The van der Waals surface area contributed by atoms with Crippen LogP contribution in [0.5, 0.6) is 0 Å². The van der Waals surface area contributed by atoms with Crippen LogP contribution in [0.3, 0.4) is 0 Å². The summed E-state index contributed by atoms with van der Waals surface area (Å²) in [6, 6.07) is 29.0. The van der Waals surface area contributed by atoms with Crippen LogP contribution in [0.4, 0.5) is 0 Å². The highest BCUT2D eigenvalue weighted by Crippen LogP contribution is 2.40. The molecule has 0 saturated carbocycles. The van der Waals surface area contributed by atoms with Gasteiger partial charge in [0.1, 0.15) is 36.5 Å². The van der Waals surface area contributed by atoms with Crippen LogP contribution in [0.1, 0.15) is 44.4 Å². The molecule has 0 N–H and O–H groups in total. The lowest BCUT2D eigenvalue weighted by molar-refractivity contribution is -0.324. The largest absolute Gasteiger partial charge is 0.465 e. The maximum absolute atomic E-state index is 12.5. The van der Waals surface area contributed by atoms with Crippen molar-refractivity contribution < 1.29 is 66.5 Å². The second-order valence-electron chi connectivity index (χ2n) is 13.5. The number of thioether (sulfide) groups is 1. The zero-order chi connectivity index (χ0) is 40.7. The Kier molecular flexibility index (Phi) is 16.9. The highest BCUT2D eigenvalue weighted by molar-refractivity contribution is 8.00. The molecular weight excluding hydrogens is 761 g/mol. The van der Waals surface area contributed by atoms with Crippen LogP contribution in [0, 0.1) is 0 Å². The minimum absolute atomic E-state index is 0.170. The Balaban J connectivity index is 1.48. The van der Waals surface area contributed by atoms with Gasteiger partial charge in [0.2, 0.25) is 0 Å². The predicted octanol–water partition coefficient (Wildman–Crippen LogP) is 4.93. The SMILES string of the molecule is CO[C@@H]1O[C@H](CO[C@@H]2S[C@H](COC(C)=O)[C@@H](OC(C)=O)[C@H](OC(C)=O)[C@H]2OC(C)=O)[C@@H](OCc2ccccc2)[C@H](OCc2ccccc2)[C@H]1OCc1ccccc1. The van der Waals surface area contributed by atoms with Crippen molar-refractivity contribution in [2.45, 2.75) is 107 Å². The monoisotopic (exact) mass is 810 g/mol.